The molecule has 1 heterocycles. The Labute approximate surface area is 183 Å². The molecule has 2 aromatic carbocycles. The van der Waals surface area contributed by atoms with E-state index in [0.29, 0.717) is 11.6 Å². The van der Waals surface area contributed by atoms with E-state index in [1.807, 2.05) is 12.1 Å². The quantitative estimate of drug-likeness (QED) is 0.353. The van der Waals surface area contributed by atoms with Crippen LogP contribution in [-0.2, 0) is 6.54 Å². The van der Waals surface area contributed by atoms with Crippen LogP contribution in [0, 0.1) is 5.82 Å². The third kappa shape index (κ3) is 6.58. The lowest BCUT2D eigenvalue weighted by Gasteiger charge is -2.12. The van der Waals surface area contributed by atoms with Crippen molar-refractivity contribution in [1.82, 2.24) is 20.9 Å². The maximum absolute atomic E-state index is 14.5. The average Bonchev–Trinajstić information content (AvgIpc) is 2.75. The number of aromatic nitrogens is 1. The Balaban J connectivity index is 1.77. The molecule has 10 heteroatoms. The van der Waals surface area contributed by atoms with Gasteiger partial charge in [0.15, 0.2) is 11.6 Å². The molecule has 0 radical (unpaired) electrons. The van der Waals surface area contributed by atoms with Crippen LogP contribution in [0.1, 0.15) is 5.56 Å². The van der Waals surface area contributed by atoms with E-state index < -0.39 is 11.8 Å². The van der Waals surface area contributed by atoms with Gasteiger partial charge >= 0.3 is 6.03 Å². The highest BCUT2D eigenvalue weighted by Crippen LogP contribution is 2.27. The number of amides is 2. The maximum Gasteiger partial charge on any atom is 0.321 e. The van der Waals surface area contributed by atoms with Crippen LogP contribution in [0.4, 0.5) is 20.7 Å². The van der Waals surface area contributed by atoms with Crippen molar-refractivity contribution in [2.24, 2.45) is 4.99 Å². The van der Waals surface area contributed by atoms with E-state index in [0.717, 1.165) is 5.56 Å². The molecule has 0 aliphatic heterocycles. The van der Waals surface area contributed by atoms with E-state index >= 15 is 0 Å². The Morgan fingerprint density at radius 2 is 1.97 bits per heavy atom. The summed E-state index contributed by atoms with van der Waals surface area (Å²) in [5, 5.41) is 8.63. The number of anilines is 1. The van der Waals surface area contributed by atoms with Gasteiger partial charge in [0.2, 0.25) is 11.8 Å². The molecular formula is C21H20ClFN6O2. The molecule has 0 atom stereocenters. The molecule has 31 heavy (non-hydrogen) atoms. The van der Waals surface area contributed by atoms with Crippen molar-refractivity contribution in [2.45, 2.75) is 6.54 Å². The number of carbonyl (C=O) groups is 1. The second kappa shape index (κ2) is 10.3. The number of nitrogens with one attached hydrogen (secondary N) is 3. The Morgan fingerprint density at radius 1 is 1.19 bits per heavy atom. The lowest BCUT2D eigenvalue weighted by Crippen LogP contribution is -2.44. The monoisotopic (exact) mass is 442 g/mol. The second-order valence-corrected chi connectivity index (χ2v) is 6.70. The van der Waals surface area contributed by atoms with E-state index in [2.05, 4.69) is 25.9 Å². The minimum atomic E-state index is -0.650. The van der Waals surface area contributed by atoms with E-state index in [1.54, 1.807) is 36.4 Å². The number of urea groups is 1. The van der Waals surface area contributed by atoms with Crippen LogP contribution in [-0.4, -0.2) is 24.0 Å². The molecule has 0 spiro atoms. The molecule has 3 aromatic rings. The van der Waals surface area contributed by atoms with Crippen LogP contribution < -0.4 is 26.4 Å². The van der Waals surface area contributed by atoms with Gasteiger partial charge in [-0.1, -0.05) is 29.8 Å². The largest absolute Gasteiger partial charge is 0.436 e. The van der Waals surface area contributed by atoms with Gasteiger partial charge in [-0.05, 0) is 35.9 Å². The Kier molecular flexibility index (Phi) is 7.23. The molecule has 0 bridgehead atoms. The van der Waals surface area contributed by atoms with Gasteiger partial charge in [-0.15, -0.1) is 0 Å². The summed E-state index contributed by atoms with van der Waals surface area (Å²) in [5.41, 5.74) is 6.78. The fourth-order valence-corrected chi connectivity index (χ4v) is 2.57. The number of benzene rings is 2. The number of rotatable bonds is 5. The van der Waals surface area contributed by atoms with Gasteiger partial charge in [0.1, 0.15) is 5.82 Å². The van der Waals surface area contributed by atoms with Gasteiger partial charge in [0.25, 0.3) is 0 Å². The Bertz CT molecular complexity index is 1090. The third-order valence-corrected chi connectivity index (χ3v) is 4.20. The van der Waals surface area contributed by atoms with Gasteiger partial charge in [0, 0.05) is 30.7 Å². The van der Waals surface area contributed by atoms with E-state index in [9.17, 15) is 9.18 Å². The van der Waals surface area contributed by atoms with Crippen molar-refractivity contribution in [3.8, 4) is 11.6 Å². The summed E-state index contributed by atoms with van der Waals surface area (Å²) in [6.45, 7) is 0.366. The molecule has 0 aliphatic rings. The zero-order valence-electron chi connectivity index (χ0n) is 16.5. The zero-order valence-corrected chi connectivity index (χ0v) is 17.3. The maximum atomic E-state index is 14.5. The summed E-state index contributed by atoms with van der Waals surface area (Å²) >= 11 is 5.89. The number of ether oxygens (including phenoxy) is 1. The average molecular weight is 443 g/mol. The van der Waals surface area contributed by atoms with Crippen molar-refractivity contribution in [3.63, 3.8) is 0 Å². The summed E-state index contributed by atoms with van der Waals surface area (Å²) in [4.78, 5) is 20.0. The van der Waals surface area contributed by atoms with Crippen molar-refractivity contribution in [1.29, 1.82) is 0 Å². The number of guanidine groups is 1. The predicted octanol–water partition coefficient (Wildman–Crippen LogP) is 3.95. The number of nitrogen functional groups attached to an aromatic ring is 1. The lowest BCUT2D eigenvalue weighted by atomic mass is 10.2. The van der Waals surface area contributed by atoms with Crippen molar-refractivity contribution < 1.29 is 13.9 Å². The minimum absolute atomic E-state index is 0.0352. The fourth-order valence-electron chi connectivity index (χ4n) is 2.44. The summed E-state index contributed by atoms with van der Waals surface area (Å²) < 4.78 is 19.9. The van der Waals surface area contributed by atoms with Crippen LogP contribution in [0.25, 0.3) is 0 Å². The first-order chi connectivity index (χ1) is 14.9. The smallest absolute Gasteiger partial charge is 0.321 e. The normalized spacial score (nSPS) is 11.0. The number of hydrogen-bond acceptors (Lipinski definition) is 5. The molecule has 5 N–H and O–H groups in total. The van der Waals surface area contributed by atoms with Gasteiger partial charge in [-0.3, -0.25) is 5.32 Å². The van der Waals surface area contributed by atoms with Crippen molar-refractivity contribution in [3.05, 3.63) is 77.1 Å². The number of nitrogens with zero attached hydrogens (tertiary/aromatic N) is 2. The summed E-state index contributed by atoms with van der Waals surface area (Å²) in [6.07, 6.45) is 0. The molecule has 2 amide bonds. The Morgan fingerprint density at radius 3 is 2.65 bits per heavy atom. The molecule has 0 unspecified atom stereocenters. The van der Waals surface area contributed by atoms with Crippen LogP contribution in [0.3, 0.4) is 0 Å². The topological polar surface area (TPSA) is 114 Å². The van der Waals surface area contributed by atoms with Gasteiger partial charge in [-0.2, -0.15) is 4.98 Å². The summed E-state index contributed by atoms with van der Waals surface area (Å²) in [7, 11) is 1.47. The molecule has 0 saturated heterocycles. The zero-order chi connectivity index (χ0) is 22.2. The van der Waals surface area contributed by atoms with Gasteiger partial charge in [-0.25, -0.2) is 14.2 Å². The van der Waals surface area contributed by atoms with E-state index in [4.69, 9.17) is 22.1 Å². The number of carbonyl (C=O) groups excluding carboxylic acids is 1. The number of aliphatic imine (C=N–C) groups is 1. The predicted molar refractivity (Wildman–Crippen MR) is 118 cm³/mol. The van der Waals surface area contributed by atoms with E-state index in [1.165, 1.54) is 19.2 Å². The van der Waals surface area contributed by atoms with Crippen LogP contribution in [0.2, 0.25) is 5.02 Å². The number of hydrogen-bond donors (Lipinski definition) is 4. The van der Waals surface area contributed by atoms with Gasteiger partial charge in [0.05, 0.1) is 5.69 Å². The molecule has 3 rings (SSSR count). The summed E-state index contributed by atoms with van der Waals surface area (Å²) in [6, 6.07) is 15.6. The molecule has 160 valence electrons. The first kappa shape index (κ1) is 21.8. The number of pyridine rings is 1. The highest BCUT2D eigenvalue weighted by Gasteiger charge is 2.09. The van der Waals surface area contributed by atoms with Crippen molar-refractivity contribution >= 4 is 35.1 Å². The minimum Gasteiger partial charge on any atom is -0.436 e. The molecule has 8 nitrogen and oxygen atoms in total. The highest BCUT2D eigenvalue weighted by atomic mass is 35.5. The van der Waals surface area contributed by atoms with Crippen LogP contribution in [0.5, 0.6) is 11.6 Å². The SMILES string of the molecule is CNC(=O)N/C(=N\c1ccc(Oc2cccc(N)n2)c(F)c1)NCc1ccc(Cl)cc1. The molecule has 0 fully saturated rings. The molecule has 0 saturated carbocycles. The third-order valence-electron chi connectivity index (χ3n) is 3.95. The number of nitrogens with two attached hydrogens (primary N) is 1. The standard InChI is InChI=1S/C21H20ClFN6O2/c1-25-21(30)29-20(26-12-13-5-7-14(22)8-6-13)27-15-9-10-17(16(23)11-15)31-19-4-2-3-18(24)28-19/h2-11H,12H2,1H3,(H2,24,28)(H3,25,26,27,29,30). The first-order valence-electron chi connectivity index (χ1n) is 9.18. The second-order valence-electron chi connectivity index (χ2n) is 6.26. The van der Waals surface area contributed by atoms with Gasteiger partial charge < -0.3 is 21.1 Å². The highest BCUT2D eigenvalue weighted by molar-refractivity contribution is 6.30. The molecule has 0 aliphatic carbocycles. The fraction of sp³-hybridized carbons (Fsp3) is 0.0952. The van der Waals surface area contributed by atoms with Crippen LogP contribution >= 0.6 is 11.6 Å². The molecule has 1 aromatic heterocycles. The van der Waals surface area contributed by atoms with E-state index in [-0.39, 0.29) is 29.1 Å². The van der Waals surface area contributed by atoms with Crippen LogP contribution in [0.15, 0.2) is 65.7 Å². The number of halogens is 2. The first-order valence-corrected chi connectivity index (χ1v) is 9.56. The Hall–Kier alpha value is -3.85. The van der Waals surface area contributed by atoms with Crippen molar-refractivity contribution in [2.75, 3.05) is 12.8 Å². The summed E-state index contributed by atoms with van der Waals surface area (Å²) in [5.74, 6) is -0.119. The molecular weight excluding hydrogens is 423 g/mol. The lowest BCUT2D eigenvalue weighted by molar-refractivity contribution is 0.247.